The summed E-state index contributed by atoms with van der Waals surface area (Å²) in [6.45, 7) is -0.893. The van der Waals surface area contributed by atoms with Gasteiger partial charge in [0.25, 0.3) is 5.91 Å². The molecule has 0 fully saturated rings. The van der Waals surface area contributed by atoms with E-state index in [2.05, 4.69) is 20.3 Å². The summed E-state index contributed by atoms with van der Waals surface area (Å²) in [6, 6.07) is 2.92. The number of amides is 1. The number of hydrogen-bond donors (Lipinski definition) is 2. The van der Waals surface area contributed by atoms with Crippen molar-refractivity contribution in [2.24, 2.45) is 0 Å². The van der Waals surface area contributed by atoms with Crippen LogP contribution in [0.3, 0.4) is 0 Å². The van der Waals surface area contributed by atoms with E-state index in [1.54, 1.807) is 0 Å². The van der Waals surface area contributed by atoms with E-state index < -0.39 is 18.5 Å². The van der Waals surface area contributed by atoms with Crippen molar-refractivity contribution in [3.63, 3.8) is 0 Å². The Balaban J connectivity index is 2.34. The number of carbonyl (C=O) groups excluding carboxylic acids is 1. The maximum atomic E-state index is 11.1. The molecule has 0 unspecified atom stereocenters. The summed E-state index contributed by atoms with van der Waals surface area (Å²) in [7, 11) is 0. The quantitative estimate of drug-likeness (QED) is 0.767. The van der Waals surface area contributed by atoms with Gasteiger partial charge in [-0.3, -0.25) is 4.79 Å². The number of aliphatic carboxylic acids is 1. The molecule has 1 rings (SSSR count). The molecule has 1 aromatic heterocycles. The van der Waals surface area contributed by atoms with E-state index in [4.69, 9.17) is 16.7 Å². The molecule has 0 radical (unpaired) electrons. The van der Waals surface area contributed by atoms with Gasteiger partial charge in [0, 0.05) is 0 Å². The first-order valence-electron chi connectivity index (χ1n) is 4.16. The van der Waals surface area contributed by atoms with Crippen LogP contribution in [-0.4, -0.2) is 40.4 Å². The van der Waals surface area contributed by atoms with Crippen LogP contribution in [0.15, 0.2) is 12.1 Å². The van der Waals surface area contributed by atoms with Gasteiger partial charge in [-0.05, 0) is 12.1 Å². The van der Waals surface area contributed by atoms with Crippen LogP contribution in [0.4, 0.5) is 5.82 Å². The van der Waals surface area contributed by atoms with E-state index in [1.165, 1.54) is 12.1 Å². The first kappa shape index (κ1) is 12.3. The third kappa shape index (κ3) is 4.67. The van der Waals surface area contributed by atoms with Crippen molar-refractivity contribution >= 4 is 29.3 Å². The number of halogens is 1. The zero-order chi connectivity index (χ0) is 12.0. The summed E-state index contributed by atoms with van der Waals surface area (Å²) >= 11 is 5.49. The summed E-state index contributed by atoms with van der Waals surface area (Å²) in [5, 5.41) is 17.9. The normalized spacial score (nSPS) is 9.81. The minimum atomic E-state index is -1.14. The number of anilines is 1. The van der Waals surface area contributed by atoms with Gasteiger partial charge >= 0.3 is 5.97 Å². The third-order valence-corrected chi connectivity index (χ3v) is 1.56. The summed E-state index contributed by atoms with van der Waals surface area (Å²) < 4.78 is 4.57. The molecule has 0 spiro atoms. The number of aromatic nitrogens is 2. The van der Waals surface area contributed by atoms with Crippen LogP contribution in [0.25, 0.3) is 0 Å². The van der Waals surface area contributed by atoms with Crippen molar-refractivity contribution in [1.82, 2.24) is 10.2 Å². The average molecular weight is 246 g/mol. The molecule has 0 aliphatic rings. The lowest BCUT2D eigenvalue weighted by atomic mass is 10.5. The maximum Gasteiger partial charge on any atom is 0.329 e. The lowest BCUT2D eigenvalue weighted by Gasteiger charge is -2.03. The molecule has 0 atom stereocenters. The summed E-state index contributed by atoms with van der Waals surface area (Å²) in [5.41, 5.74) is 0. The van der Waals surface area contributed by atoms with Crippen LogP contribution in [-0.2, 0) is 14.3 Å². The molecular formula is C8H8ClN3O4. The number of carboxylic acid groups (broad SMARTS) is 1. The van der Waals surface area contributed by atoms with E-state index in [9.17, 15) is 9.59 Å². The molecule has 86 valence electrons. The number of hydrogen-bond acceptors (Lipinski definition) is 5. The molecule has 16 heavy (non-hydrogen) atoms. The van der Waals surface area contributed by atoms with E-state index in [0.29, 0.717) is 0 Å². The van der Waals surface area contributed by atoms with Crippen LogP contribution in [0.1, 0.15) is 0 Å². The molecule has 1 aromatic rings. The molecule has 1 amide bonds. The van der Waals surface area contributed by atoms with Gasteiger partial charge < -0.3 is 15.2 Å². The third-order valence-electron chi connectivity index (χ3n) is 1.36. The van der Waals surface area contributed by atoms with Crippen molar-refractivity contribution in [2.45, 2.75) is 0 Å². The average Bonchev–Trinajstić information content (AvgIpc) is 2.21. The second kappa shape index (κ2) is 5.99. The summed E-state index contributed by atoms with van der Waals surface area (Å²) in [5.74, 6) is -1.44. The molecule has 0 saturated carbocycles. The minimum absolute atomic E-state index is 0.208. The van der Waals surface area contributed by atoms with Crippen LogP contribution < -0.4 is 5.32 Å². The highest BCUT2D eigenvalue weighted by atomic mass is 35.5. The van der Waals surface area contributed by atoms with Crippen LogP contribution >= 0.6 is 11.6 Å². The second-order valence-corrected chi connectivity index (χ2v) is 3.06. The Hall–Kier alpha value is -1.73. The van der Waals surface area contributed by atoms with Crippen molar-refractivity contribution in [3.05, 3.63) is 17.3 Å². The molecule has 2 N–H and O–H groups in total. The van der Waals surface area contributed by atoms with Crippen LogP contribution in [0, 0.1) is 0 Å². The van der Waals surface area contributed by atoms with Crippen molar-refractivity contribution < 1.29 is 19.4 Å². The fourth-order valence-corrected chi connectivity index (χ4v) is 0.893. The minimum Gasteiger partial charge on any atom is -0.480 e. The van der Waals surface area contributed by atoms with Crippen LogP contribution in [0.2, 0.25) is 5.15 Å². The Labute approximate surface area is 95.4 Å². The van der Waals surface area contributed by atoms with E-state index in [0.717, 1.165) is 0 Å². The Morgan fingerprint density at radius 2 is 2.12 bits per heavy atom. The highest BCUT2D eigenvalue weighted by Gasteiger charge is 2.05. The van der Waals surface area contributed by atoms with Gasteiger partial charge in [-0.25, -0.2) is 4.79 Å². The largest absolute Gasteiger partial charge is 0.480 e. The first-order valence-corrected chi connectivity index (χ1v) is 4.54. The van der Waals surface area contributed by atoms with Gasteiger partial charge in [0.15, 0.2) is 11.0 Å². The lowest BCUT2D eigenvalue weighted by molar-refractivity contribution is -0.143. The molecule has 0 saturated heterocycles. The standard InChI is InChI=1S/C8H8ClN3O4/c9-5-1-2-6(12-11-5)10-7(13)3-16-4-8(14)15/h1-2H,3-4H2,(H,14,15)(H,10,12,13). The molecule has 0 aliphatic carbocycles. The zero-order valence-corrected chi connectivity index (χ0v) is 8.77. The Bertz CT molecular complexity index is 381. The maximum absolute atomic E-state index is 11.1. The number of rotatable bonds is 5. The van der Waals surface area contributed by atoms with Gasteiger partial charge in [0.2, 0.25) is 0 Å². The highest BCUT2D eigenvalue weighted by molar-refractivity contribution is 6.29. The van der Waals surface area contributed by atoms with Crippen molar-refractivity contribution in [1.29, 1.82) is 0 Å². The van der Waals surface area contributed by atoms with E-state index in [-0.39, 0.29) is 17.6 Å². The van der Waals surface area contributed by atoms with Gasteiger partial charge in [-0.1, -0.05) is 11.6 Å². The lowest BCUT2D eigenvalue weighted by Crippen LogP contribution is -2.21. The molecule has 1 heterocycles. The zero-order valence-electron chi connectivity index (χ0n) is 8.01. The van der Waals surface area contributed by atoms with Gasteiger partial charge in [-0.2, -0.15) is 0 Å². The SMILES string of the molecule is O=C(O)COCC(=O)Nc1ccc(Cl)nn1. The first-order chi connectivity index (χ1) is 7.58. The molecule has 0 aliphatic heterocycles. The topological polar surface area (TPSA) is 101 Å². The Morgan fingerprint density at radius 3 is 2.69 bits per heavy atom. The van der Waals surface area contributed by atoms with Gasteiger partial charge in [0.1, 0.15) is 13.2 Å². The second-order valence-electron chi connectivity index (χ2n) is 2.68. The van der Waals surface area contributed by atoms with Gasteiger partial charge in [-0.15, -0.1) is 10.2 Å². The molecular weight excluding hydrogens is 238 g/mol. The van der Waals surface area contributed by atoms with Gasteiger partial charge in [0.05, 0.1) is 0 Å². The highest BCUT2D eigenvalue weighted by Crippen LogP contribution is 2.05. The van der Waals surface area contributed by atoms with Crippen molar-refractivity contribution in [2.75, 3.05) is 18.5 Å². The fraction of sp³-hybridized carbons (Fsp3) is 0.250. The predicted molar refractivity (Wildman–Crippen MR) is 54.1 cm³/mol. The van der Waals surface area contributed by atoms with E-state index in [1.807, 2.05) is 0 Å². The summed E-state index contributed by atoms with van der Waals surface area (Å²) in [6.07, 6.45) is 0. The molecule has 7 nitrogen and oxygen atoms in total. The molecule has 8 heteroatoms. The Kier molecular flexibility index (Phi) is 4.62. The fourth-order valence-electron chi connectivity index (χ4n) is 0.793. The van der Waals surface area contributed by atoms with Crippen LogP contribution in [0.5, 0.6) is 0 Å². The number of ether oxygens (including phenoxy) is 1. The number of carboxylic acids is 1. The smallest absolute Gasteiger partial charge is 0.329 e. The summed E-state index contributed by atoms with van der Waals surface area (Å²) in [4.78, 5) is 21.2. The number of nitrogens with zero attached hydrogens (tertiary/aromatic N) is 2. The van der Waals surface area contributed by atoms with E-state index >= 15 is 0 Å². The van der Waals surface area contributed by atoms with Crippen molar-refractivity contribution in [3.8, 4) is 0 Å². The predicted octanol–water partition coefficient (Wildman–Crippen LogP) is 0.170. The monoisotopic (exact) mass is 245 g/mol. The number of nitrogens with one attached hydrogen (secondary N) is 1. The molecule has 0 aromatic carbocycles. The molecule has 0 bridgehead atoms. The Morgan fingerprint density at radius 1 is 1.38 bits per heavy atom. The number of carbonyl (C=O) groups is 2.